The fourth-order valence-corrected chi connectivity index (χ4v) is 4.02. The third-order valence-electron chi connectivity index (χ3n) is 6.02. The number of nitrogens with one attached hydrogen (secondary N) is 1. The molecular formula is C26H34N2O3. The molecule has 5 heteroatoms. The summed E-state index contributed by atoms with van der Waals surface area (Å²) in [5, 5.41) is 3.15. The van der Waals surface area contributed by atoms with Crippen LogP contribution in [0.3, 0.4) is 0 Å². The SMILES string of the molecule is Cc1ccccc1CN(C(=O)CCCOc1ccccc1)[C@@H](C)C(=O)NC1CCCC1. The first-order chi connectivity index (χ1) is 15.0. The van der Waals surface area contributed by atoms with E-state index in [0.717, 1.165) is 42.6 Å². The highest BCUT2D eigenvalue weighted by atomic mass is 16.5. The number of para-hydroxylation sites is 1. The smallest absolute Gasteiger partial charge is 0.242 e. The van der Waals surface area contributed by atoms with Gasteiger partial charge in [0.1, 0.15) is 11.8 Å². The zero-order valence-corrected chi connectivity index (χ0v) is 18.7. The zero-order valence-electron chi connectivity index (χ0n) is 18.7. The molecule has 5 nitrogen and oxygen atoms in total. The van der Waals surface area contributed by atoms with Gasteiger partial charge in [0.25, 0.3) is 0 Å². The lowest BCUT2D eigenvalue weighted by atomic mass is 10.1. The first-order valence-corrected chi connectivity index (χ1v) is 11.4. The Morgan fingerprint density at radius 3 is 2.45 bits per heavy atom. The van der Waals surface area contributed by atoms with Crippen molar-refractivity contribution >= 4 is 11.8 Å². The van der Waals surface area contributed by atoms with Crippen LogP contribution >= 0.6 is 0 Å². The molecule has 3 rings (SSSR count). The molecule has 0 saturated heterocycles. The molecule has 2 aromatic carbocycles. The Balaban J connectivity index is 1.61. The fourth-order valence-electron chi connectivity index (χ4n) is 4.02. The van der Waals surface area contributed by atoms with Crippen molar-refractivity contribution in [2.24, 2.45) is 0 Å². The molecule has 31 heavy (non-hydrogen) atoms. The maximum Gasteiger partial charge on any atom is 0.242 e. The lowest BCUT2D eigenvalue weighted by molar-refractivity contribution is -0.141. The van der Waals surface area contributed by atoms with Gasteiger partial charge in [0.15, 0.2) is 0 Å². The van der Waals surface area contributed by atoms with Crippen molar-refractivity contribution in [1.82, 2.24) is 10.2 Å². The topological polar surface area (TPSA) is 58.6 Å². The van der Waals surface area contributed by atoms with Crippen molar-refractivity contribution in [3.63, 3.8) is 0 Å². The lowest BCUT2D eigenvalue weighted by Gasteiger charge is -2.30. The lowest BCUT2D eigenvalue weighted by Crippen LogP contribution is -2.49. The summed E-state index contributed by atoms with van der Waals surface area (Å²) in [4.78, 5) is 27.8. The van der Waals surface area contributed by atoms with Gasteiger partial charge in [-0.1, -0.05) is 55.3 Å². The van der Waals surface area contributed by atoms with Gasteiger partial charge in [-0.15, -0.1) is 0 Å². The summed E-state index contributed by atoms with van der Waals surface area (Å²) in [5.74, 6) is 0.722. The van der Waals surface area contributed by atoms with Gasteiger partial charge in [0.05, 0.1) is 6.61 Å². The molecule has 1 aliphatic carbocycles. The van der Waals surface area contributed by atoms with E-state index in [-0.39, 0.29) is 17.9 Å². The number of amides is 2. The average molecular weight is 423 g/mol. The summed E-state index contributed by atoms with van der Waals surface area (Å²) in [6.07, 6.45) is 5.33. The summed E-state index contributed by atoms with van der Waals surface area (Å²) < 4.78 is 5.72. The highest BCUT2D eigenvalue weighted by Crippen LogP contribution is 2.19. The van der Waals surface area contributed by atoms with Gasteiger partial charge in [-0.25, -0.2) is 0 Å². The van der Waals surface area contributed by atoms with E-state index in [1.807, 2.05) is 68.4 Å². The predicted octanol–water partition coefficient (Wildman–Crippen LogP) is 4.63. The van der Waals surface area contributed by atoms with Crippen LogP contribution in [0.5, 0.6) is 5.75 Å². The van der Waals surface area contributed by atoms with E-state index in [1.165, 1.54) is 0 Å². The van der Waals surface area contributed by atoms with Gasteiger partial charge >= 0.3 is 0 Å². The van der Waals surface area contributed by atoms with Crippen LogP contribution in [0.1, 0.15) is 56.6 Å². The van der Waals surface area contributed by atoms with Crippen LogP contribution in [-0.2, 0) is 16.1 Å². The number of benzene rings is 2. The Labute approximate surface area is 185 Å². The summed E-state index contributed by atoms with van der Waals surface area (Å²) in [6.45, 7) is 4.77. The van der Waals surface area contributed by atoms with Crippen LogP contribution in [0.15, 0.2) is 54.6 Å². The maximum absolute atomic E-state index is 13.1. The molecule has 1 saturated carbocycles. The van der Waals surface area contributed by atoms with Crippen LogP contribution in [0.2, 0.25) is 0 Å². The Kier molecular flexibility index (Phi) is 8.51. The molecule has 2 aromatic rings. The number of rotatable bonds is 10. The molecular weight excluding hydrogens is 388 g/mol. The highest BCUT2D eigenvalue weighted by Gasteiger charge is 2.28. The van der Waals surface area contributed by atoms with Gasteiger partial charge in [-0.2, -0.15) is 0 Å². The van der Waals surface area contributed by atoms with Crippen LogP contribution in [-0.4, -0.2) is 35.4 Å². The molecule has 1 fully saturated rings. The van der Waals surface area contributed by atoms with E-state index in [4.69, 9.17) is 4.74 Å². The van der Waals surface area contributed by atoms with Gasteiger partial charge in [0, 0.05) is 19.0 Å². The molecule has 1 N–H and O–H groups in total. The Morgan fingerprint density at radius 1 is 1.06 bits per heavy atom. The number of aryl methyl sites for hydroxylation is 1. The molecule has 166 valence electrons. The molecule has 0 spiro atoms. The fraction of sp³-hybridized carbons (Fsp3) is 0.462. The van der Waals surface area contributed by atoms with Gasteiger partial charge in [0.2, 0.25) is 11.8 Å². The third kappa shape index (κ3) is 6.84. The first kappa shape index (κ1) is 22.9. The number of hydrogen-bond acceptors (Lipinski definition) is 3. The molecule has 0 heterocycles. The molecule has 0 aromatic heterocycles. The normalized spacial score (nSPS) is 14.8. The standard InChI is InChI=1S/C26H34N2O3/c1-20-11-6-7-12-22(20)19-28(21(2)26(30)27-23-13-8-9-14-23)25(29)17-10-18-31-24-15-4-3-5-16-24/h3-7,11-12,15-16,21,23H,8-10,13-14,17-19H2,1-2H3,(H,27,30)/t21-/m0/s1. The minimum Gasteiger partial charge on any atom is -0.494 e. The molecule has 0 radical (unpaired) electrons. The van der Waals surface area contributed by atoms with E-state index in [9.17, 15) is 9.59 Å². The third-order valence-corrected chi connectivity index (χ3v) is 6.02. The van der Waals surface area contributed by atoms with E-state index < -0.39 is 6.04 Å². The van der Waals surface area contributed by atoms with Crippen molar-refractivity contribution < 1.29 is 14.3 Å². The number of carbonyl (C=O) groups is 2. The number of hydrogen-bond donors (Lipinski definition) is 1. The summed E-state index contributed by atoms with van der Waals surface area (Å²) in [7, 11) is 0. The molecule has 1 atom stereocenters. The first-order valence-electron chi connectivity index (χ1n) is 11.4. The Bertz CT molecular complexity index is 847. The summed E-state index contributed by atoms with van der Waals surface area (Å²) >= 11 is 0. The highest BCUT2D eigenvalue weighted by molar-refractivity contribution is 5.87. The van der Waals surface area contributed by atoms with Crippen LogP contribution in [0, 0.1) is 6.92 Å². The molecule has 1 aliphatic rings. The predicted molar refractivity (Wildman–Crippen MR) is 123 cm³/mol. The van der Waals surface area contributed by atoms with Crippen molar-refractivity contribution in [2.75, 3.05) is 6.61 Å². The van der Waals surface area contributed by atoms with Crippen molar-refractivity contribution in [3.05, 3.63) is 65.7 Å². The minimum absolute atomic E-state index is 0.0195. The summed E-state index contributed by atoms with van der Waals surface area (Å²) in [5.41, 5.74) is 2.19. The van der Waals surface area contributed by atoms with Gasteiger partial charge in [-0.05, 0) is 56.4 Å². The van der Waals surface area contributed by atoms with E-state index >= 15 is 0 Å². The van der Waals surface area contributed by atoms with E-state index in [2.05, 4.69) is 5.32 Å². The van der Waals surface area contributed by atoms with E-state index in [0.29, 0.717) is 26.0 Å². The number of nitrogens with zero attached hydrogens (tertiary/aromatic N) is 1. The maximum atomic E-state index is 13.1. The average Bonchev–Trinajstić information content (AvgIpc) is 3.29. The van der Waals surface area contributed by atoms with Crippen molar-refractivity contribution in [2.45, 2.75) is 71.0 Å². The second-order valence-electron chi connectivity index (χ2n) is 8.38. The number of carbonyl (C=O) groups excluding carboxylic acids is 2. The quantitative estimate of drug-likeness (QED) is 0.568. The largest absolute Gasteiger partial charge is 0.494 e. The van der Waals surface area contributed by atoms with Crippen LogP contribution in [0.4, 0.5) is 0 Å². The van der Waals surface area contributed by atoms with E-state index in [1.54, 1.807) is 4.90 Å². The van der Waals surface area contributed by atoms with Crippen molar-refractivity contribution in [1.29, 1.82) is 0 Å². The Hall–Kier alpha value is -2.82. The monoisotopic (exact) mass is 422 g/mol. The molecule has 0 bridgehead atoms. The van der Waals surface area contributed by atoms with Crippen LogP contribution in [0.25, 0.3) is 0 Å². The molecule has 0 unspecified atom stereocenters. The van der Waals surface area contributed by atoms with Gasteiger partial charge < -0.3 is 15.0 Å². The second kappa shape index (κ2) is 11.5. The zero-order chi connectivity index (χ0) is 22.1. The number of ether oxygens (including phenoxy) is 1. The summed E-state index contributed by atoms with van der Waals surface area (Å²) in [6, 6.07) is 17.4. The minimum atomic E-state index is -0.511. The molecule has 2 amide bonds. The van der Waals surface area contributed by atoms with Crippen molar-refractivity contribution in [3.8, 4) is 5.75 Å². The molecule has 0 aliphatic heterocycles. The van der Waals surface area contributed by atoms with Crippen LogP contribution < -0.4 is 10.1 Å². The Morgan fingerprint density at radius 2 is 1.74 bits per heavy atom. The van der Waals surface area contributed by atoms with Gasteiger partial charge in [-0.3, -0.25) is 9.59 Å². The second-order valence-corrected chi connectivity index (χ2v) is 8.38.